The number of hydrogen-bond acceptors (Lipinski definition) is 6. The van der Waals surface area contributed by atoms with Gasteiger partial charge in [0.2, 0.25) is 0 Å². The predicted octanol–water partition coefficient (Wildman–Crippen LogP) is 2.92. The summed E-state index contributed by atoms with van der Waals surface area (Å²) in [6.45, 7) is 0.180. The number of anilines is 3. The normalized spacial score (nSPS) is 17.0. The largest absolute Gasteiger partial charge is 0.497 e. The molecular formula is C18H19N3O4. The van der Waals surface area contributed by atoms with Crippen molar-refractivity contribution in [2.75, 3.05) is 37.3 Å². The average molecular weight is 341 g/mol. The van der Waals surface area contributed by atoms with Gasteiger partial charge in [0.15, 0.2) is 6.04 Å². The minimum Gasteiger partial charge on any atom is -0.497 e. The van der Waals surface area contributed by atoms with E-state index in [1.807, 2.05) is 47.4 Å². The van der Waals surface area contributed by atoms with Crippen LogP contribution in [0.1, 0.15) is 0 Å². The molecule has 0 spiro atoms. The summed E-state index contributed by atoms with van der Waals surface area (Å²) in [4.78, 5) is 27.5. The number of para-hydroxylation sites is 1. The van der Waals surface area contributed by atoms with E-state index in [0.29, 0.717) is 11.4 Å². The molecule has 0 N–H and O–H groups in total. The number of benzene rings is 2. The van der Waals surface area contributed by atoms with E-state index in [4.69, 9.17) is 9.47 Å². The number of amides is 1. The van der Waals surface area contributed by atoms with Crippen molar-refractivity contribution in [2.24, 2.45) is 5.18 Å². The smallest absolute Gasteiger partial charge is 0.259 e. The molecule has 2 aromatic rings. The Morgan fingerprint density at radius 2 is 1.88 bits per heavy atom. The van der Waals surface area contributed by atoms with Crippen LogP contribution < -0.4 is 14.5 Å². The van der Waals surface area contributed by atoms with E-state index in [-0.39, 0.29) is 13.3 Å². The number of carbonyl (C=O) groups is 1. The number of ether oxygens (including phenoxy) is 2. The molecule has 1 amide bonds. The molecule has 1 aliphatic heterocycles. The second-order valence-electron chi connectivity index (χ2n) is 5.61. The van der Waals surface area contributed by atoms with Crippen molar-refractivity contribution in [2.45, 2.75) is 6.04 Å². The van der Waals surface area contributed by atoms with Crippen molar-refractivity contribution < 1.29 is 14.3 Å². The third-order valence-corrected chi connectivity index (χ3v) is 4.12. The molecular weight excluding hydrogens is 322 g/mol. The van der Waals surface area contributed by atoms with Gasteiger partial charge in [0, 0.05) is 18.9 Å². The molecule has 1 unspecified atom stereocenters. The quantitative estimate of drug-likeness (QED) is 0.782. The number of fused-ring (bicyclic) bond motifs is 1. The predicted molar refractivity (Wildman–Crippen MR) is 95.4 cm³/mol. The Morgan fingerprint density at radius 3 is 2.52 bits per heavy atom. The number of methoxy groups -OCH3 is 2. The fourth-order valence-electron chi connectivity index (χ4n) is 2.92. The average Bonchev–Trinajstić information content (AvgIpc) is 2.77. The summed E-state index contributed by atoms with van der Waals surface area (Å²) in [5.41, 5.74) is 2.26. The van der Waals surface area contributed by atoms with Crippen molar-refractivity contribution in [1.82, 2.24) is 0 Å². The molecule has 3 rings (SSSR count). The second kappa shape index (κ2) is 7.31. The Hall–Kier alpha value is -2.93. The van der Waals surface area contributed by atoms with E-state index >= 15 is 0 Å². The maximum absolute atomic E-state index is 12.8. The highest BCUT2D eigenvalue weighted by Gasteiger charge is 2.35. The minimum absolute atomic E-state index is 0.0215. The summed E-state index contributed by atoms with van der Waals surface area (Å²) in [6, 6.07) is 14.0. The van der Waals surface area contributed by atoms with Crippen LogP contribution in [0, 0.1) is 4.91 Å². The molecule has 1 atom stereocenters. The number of carbonyl (C=O) groups excluding carboxylic acids is 1. The van der Waals surface area contributed by atoms with E-state index in [9.17, 15) is 9.70 Å². The fraction of sp³-hybridized carbons (Fsp3) is 0.278. The van der Waals surface area contributed by atoms with Gasteiger partial charge in [-0.1, -0.05) is 23.4 Å². The molecule has 25 heavy (non-hydrogen) atoms. The lowest BCUT2D eigenvalue weighted by Gasteiger charge is -2.26. The van der Waals surface area contributed by atoms with Gasteiger partial charge in [0.05, 0.1) is 25.0 Å². The molecule has 0 saturated carbocycles. The first-order chi connectivity index (χ1) is 12.2. The van der Waals surface area contributed by atoms with Gasteiger partial charge in [-0.15, -0.1) is 4.91 Å². The molecule has 0 aliphatic carbocycles. The standard InChI is InChI=1S/C18H19N3O4/c1-24-12-21-17-10-14(25-2)8-9-16(17)20(11-15(19-23)18(21)22)13-6-4-3-5-7-13/h3-10,15H,11-12H2,1-2H3. The van der Waals surface area contributed by atoms with E-state index in [2.05, 4.69) is 5.18 Å². The van der Waals surface area contributed by atoms with Gasteiger partial charge in [-0.05, 0) is 24.3 Å². The van der Waals surface area contributed by atoms with Gasteiger partial charge >= 0.3 is 0 Å². The first-order valence-corrected chi connectivity index (χ1v) is 7.83. The molecule has 130 valence electrons. The zero-order valence-corrected chi connectivity index (χ0v) is 14.1. The Labute approximate surface area is 145 Å². The van der Waals surface area contributed by atoms with Crippen LogP contribution in [0.15, 0.2) is 53.7 Å². The van der Waals surface area contributed by atoms with Gasteiger partial charge in [-0.3, -0.25) is 9.69 Å². The van der Waals surface area contributed by atoms with Gasteiger partial charge in [0.25, 0.3) is 5.91 Å². The van der Waals surface area contributed by atoms with Crippen LogP contribution >= 0.6 is 0 Å². The van der Waals surface area contributed by atoms with Gasteiger partial charge in [-0.2, -0.15) is 0 Å². The molecule has 7 heteroatoms. The Morgan fingerprint density at radius 1 is 1.12 bits per heavy atom. The summed E-state index contributed by atoms with van der Waals surface area (Å²) >= 11 is 0. The highest BCUT2D eigenvalue weighted by Crippen LogP contribution is 2.39. The number of rotatable bonds is 5. The van der Waals surface area contributed by atoms with Crippen LogP contribution in [0.4, 0.5) is 17.1 Å². The first-order valence-electron chi connectivity index (χ1n) is 7.83. The minimum atomic E-state index is -1.03. The maximum Gasteiger partial charge on any atom is 0.259 e. The highest BCUT2D eigenvalue weighted by molar-refractivity contribution is 6.03. The van der Waals surface area contributed by atoms with Crippen LogP contribution in [0.2, 0.25) is 0 Å². The van der Waals surface area contributed by atoms with Crippen LogP contribution in [-0.4, -0.2) is 39.4 Å². The van der Waals surface area contributed by atoms with Crippen molar-refractivity contribution in [3.8, 4) is 5.75 Å². The summed E-state index contributed by atoms with van der Waals surface area (Å²) < 4.78 is 10.5. The monoisotopic (exact) mass is 341 g/mol. The summed E-state index contributed by atoms with van der Waals surface area (Å²) in [5.74, 6) is 0.211. The third kappa shape index (κ3) is 3.18. The molecule has 1 heterocycles. The van der Waals surface area contributed by atoms with Gasteiger partial charge < -0.3 is 14.4 Å². The zero-order chi connectivity index (χ0) is 17.8. The van der Waals surface area contributed by atoms with Gasteiger partial charge in [0.1, 0.15) is 12.5 Å². The topological polar surface area (TPSA) is 71.4 Å². The SMILES string of the molecule is COCN1C(=O)C(N=O)CN(c2ccccc2)c2ccc(OC)cc21. The molecule has 0 saturated heterocycles. The van der Waals surface area contributed by atoms with Crippen LogP contribution in [-0.2, 0) is 9.53 Å². The lowest BCUT2D eigenvalue weighted by Crippen LogP contribution is -2.41. The molecule has 0 bridgehead atoms. The Kier molecular flexibility index (Phi) is 4.95. The van der Waals surface area contributed by atoms with Gasteiger partial charge in [-0.25, -0.2) is 0 Å². The van der Waals surface area contributed by atoms with Crippen LogP contribution in [0.25, 0.3) is 0 Å². The van der Waals surface area contributed by atoms with E-state index in [1.165, 1.54) is 12.0 Å². The third-order valence-electron chi connectivity index (χ3n) is 4.12. The van der Waals surface area contributed by atoms with Crippen molar-refractivity contribution >= 4 is 23.0 Å². The maximum atomic E-state index is 12.8. The van der Waals surface area contributed by atoms with Crippen LogP contribution in [0.3, 0.4) is 0 Å². The zero-order valence-electron chi connectivity index (χ0n) is 14.1. The lowest BCUT2D eigenvalue weighted by molar-refractivity contribution is -0.120. The first kappa shape index (κ1) is 16.9. The summed E-state index contributed by atoms with van der Waals surface area (Å²) in [6.07, 6.45) is 0. The second-order valence-corrected chi connectivity index (χ2v) is 5.61. The molecule has 0 aromatic heterocycles. The lowest BCUT2D eigenvalue weighted by atomic mass is 10.2. The van der Waals surface area contributed by atoms with Crippen LogP contribution in [0.5, 0.6) is 5.75 Å². The van der Waals surface area contributed by atoms with E-state index in [0.717, 1.165) is 11.4 Å². The van der Waals surface area contributed by atoms with Crippen molar-refractivity contribution in [3.05, 3.63) is 53.4 Å². The highest BCUT2D eigenvalue weighted by atomic mass is 16.5. The number of nitroso groups, excluding NO2 is 1. The van der Waals surface area contributed by atoms with Crippen molar-refractivity contribution in [3.63, 3.8) is 0 Å². The molecule has 0 fully saturated rings. The Bertz CT molecular complexity index is 766. The molecule has 7 nitrogen and oxygen atoms in total. The van der Waals surface area contributed by atoms with Crippen molar-refractivity contribution in [1.29, 1.82) is 0 Å². The van der Waals surface area contributed by atoms with E-state index in [1.54, 1.807) is 13.2 Å². The molecule has 1 aliphatic rings. The van der Waals surface area contributed by atoms with E-state index < -0.39 is 11.9 Å². The fourth-order valence-corrected chi connectivity index (χ4v) is 2.92. The summed E-state index contributed by atoms with van der Waals surface area (Å²) in [5, 5.41) is 3.05. The molecule has 2 aromatic carbocycles. The molecule has 0 radical (unpaired) electrons. The number of nitrogens with zero attached hydrogens (tertiary/aromatic N) is 3. The number of hydrogen-bond donors (Lipinski definition) is 0. The Balaban J connectivity index is 2.19. The summed E-state index contributed by atoms with van der Waals surface area (Å²) in [7, 11) is 3.06.